The van der Waals surface area contributed by atoms with Crippen LogP contribution in [0.4, 0.5) is 5.82 Å². The minimum atomic E-state index is 0.537. The largest absolute Gasteiger partial charge is 0.357 e. The van der Waals surface area contributed by atoms with E-state index in [2.05, 4.69) is 55.7 Å². The summed E-state index contributed by atoms with van der Waals surface area (Å²) in [7, 11) is 2.16. The molecule has 3 aromatic rings. The molecule has 0 aliphatic carbocycles. The Morgan fingerprint density at radius 2 is 1.93 bits per heavy atom. The molecule has 0 saturated carbocycles. The Hall–Kier alpha value is -3.20. The minimum Gasteiger partial charge on any atom is -0.357 e. The van der Waals surface area contributed by atoms with Crippen LogP contribution in [0.1, 0.15) is 18.3 Å². The number of fused-ring (bicyclic) bond motifs is 1. The molecule has 30 heavy (non-hydrogen) atoms. The first-order chi connectivity index (χ1) is 14.7. The highest BCUT2D eigenvalue weighted by Crippen LogP contribution is 2.19. The van der Waals surface area contributed by atoms with Crippen LogP contribution in [0.25, 0.3) is 5.65 Å². The van der Waals surface area contributed by atoms with Crippen LogP contribution >= 0.6 is 0 Å². The number of rotatable bonds is 6. The van der Waals surface area contributed by atoms with Crippen LogP contribution in [-0.4, -0.2) is 70.2 Å². The van der Waals surface area contributed by atoms with Crippen LogP contribution < -0.4 is 15.5 Å². The molecule has 1 aliphatic heterocycles. The number of pyridine rings is 2. The molecule has 1 aliphatic rings. The van der Waals surface area contributed by atoms with Gasteiger partial charge in [-0.15, -0.1) is 10.2 Å². The van der Waals surface area contributed by atoms with E-state index >= 15 is 0 Å². The van der Waals surface area contributed by atoms with E-state index < -0.39 is 0 Å². The van der Waals surface area contributed by atoms with Crippen molar-refractivity contribution in [1.82, 2.24) is 35.1 Å². The lowest BCUT2D eigenvalue weighted by Crippen LogP contribution is -2.45. The van der Waals surface area contributed by atoms with E-state index in [0.29, 0.717) is 13.1 Å². The number of likely N-dealkylation sites (N-methyl/N-ethyl adjacent to an activating group) is 1. The van der Waals surface area contributed by atoms with Gasteiger partial charge in [0, 0.05) is 50.7 Å². The number of nitrogens with one attached hydrogen (secondary N) is 2. The van der Waals surface area contributed by atoms with E-state index in [1.807, 2.05) is 41.1 Å². The summed E-state index contributed by atoms with van der Waals surface area (Å²) in [4.78, 5) is 14.1. The Balaban J connectivity index is 1.45. The highest BCUT2D eigenvalue weighted by Gasteiger charge is 2.17. The van der Waals surface area contributed by atoms with Gasteiger partial charge in [-0.3, -0.25) is 4.40 Å². The van der Waals surface area contributed by atoms with E-state index in [4.69, 9.17) is 4.99 Å². The summed E-state index contributed by atoms with van der Waals surface area (Å²) in [6.07, 6.45) is 3.83. The lowest BCUT2D eigenvalue weighted by atomic mass is 10.2. The molecule has 0 atom stereocenters. The van der Waals surface area contributed by atoms with Crippen LogP contribution in [0, 0.1) is 0 Å². The van der Waals surface area contributed by atoms with Gasteiger partial charge in [-0.2, -0.15) is 0 Å². The summed E-state index contributed by atoms with van der Waals surface area (Å²) in [6, 6.07) is 9.96. The summed E-state index contributed by atoms with van der Waals surface area (Å²) in [6.45, 7) is 8.02. The first-order valence-corrected chi connectivity index (χ1v) is 10.4. The Kier molecular flexibility index (Phi) is 6.38. The van der Waals surface area contributed by atoms with Gasteiger partial charge in [0.2, 0.25) is 0 Å². The number of hydrogen-bond acceptors (Lipinski definition) is 6. The van der Waals surface area contributed by atoms with Crippen molar-refractivity contribution < 1.29 is 0 Å². The summed E-state index contributed by atoms with van der Waals surface area (Å²) in [5.74, 6) is 2.63. The molecule has 0 bridgehead atoms. The molecule has 0 aromatic carbocycles. The second-order valence-electron chi connectivity index (χ2n) is 7.37. The number of piperazine rings is 1. The summed E-state index contributed by atoms with van der Waals surface area (Å²) < 4.78 is 1.98. The monoisotopic (exact) mass is 407 g/mol. The quantitative estimate of drug-likeness (QED) is 0.468. The Morgan fingerprint density at radius 1 is 1.07 bits per heavy atom. The Morgan fingerprint density at radius 3 is 2.77 bits per heavy atom. The van der Waals surface area contributed by atoms with Gasteiger partial charge in [-0.25, -0.2) is 9.98 Å². The number of guanidine groups is 1. The number of aromatic nitrogens is 4. The minimum absolute atomic E-state index is 0.537. The average molecular weight is 408 g/mol. The van der Waals surface area contributed by atoms with Crippen molar-refractivity contribution in [3.8, 4) is 0 Å². The van der Waals surface area contributed by atoms with E-state index in [1.165, 1.54) is 0 Å². The predicted molar refractivity (Wildman–Crippen MR) is 119 cm³/mol. The van der Waals surface area contributed by atoms with E-state index in [9.17, 15) is 0 Å². The maximum Gasteiger partial charge on any atom is 0.191 e. The molecule has 9 nitrogen and oxygen atoms in total. The standard InChI is InChI=1S/C21H29N9/c1-3-22-21(25-16-19-27-26-18-8-4-5-10-30(18)19)24-15-17-7-6-9-23-20(17)29-13-11-28(2)12-14-29/h4-10H,3,11-16H2,1-2H3,(H2,22,24,25). The van der Waals surface area contributed by atoms with Gasteiger partial charge in [-0.05, 0) is 32.2 Å². The zero-order valence-electron chi connectivity index (χ0n) is 17.6. The van der Waals surface area contributed by atoms with Crippen molar-refractivity contribution in [3.05, 3.63) is 54.1 Å². The molecule has 0 radical (unpaired) electrons. The van der Waals surface area contributed by atoms with E-state index in [0.717, 1.165) is 61.5 Å². The van der Waals surface area contributed by atoms with Crippen molar-refractivity contribution in [2.24, 2.45) is 4.99 Å². The summed E-state index contributed by atoms with van der Waals surface area (Å²) >= 11 is 0. The molecule has 158 valence electrons. The highest BCUT2D eigenvalue weighted by molar-refractivity contribution is 5.79. The molecule has 3 aromatic heterocycles. The molecule has 0 spiro atoms. The highest BCUT2D eigenvalue weighted by atomic mass is 15.3. The van der Waals surface area contributed by atoms with Crippen LogP contribution in [0.3, 0.4) is 0 Å². The fourth-order valence-corrected chi connectivity index (χ4v) is 3.54. The lowest BCUT2D eigenvalue weighted by molar-refractivity contribution is 0.312. The topological polar surface area (TPSA) is 86.0 Å². The molecule has 0 unspecified atom stereocenters. The molecule has 0 amide bonds. The third-order valence-corrected chi connectivity index (χ3v) is 5.22. The lowest BCUT2D eigenvalue weighted by Gasteiger charge is -2.34. The van der Waals surface area contributed by atoms with Gasteiger partial charge in [0.1, 0.15) is 5.82 Å². The van der Waals surface area contributed by atoms with Gasteiger partial charge in [0.05, 0.1) is 13.1 Å². The molecule has 9 heteroatoms. The van der Waals surface area contributed by atoms with Gasteiger partial charge in [-0.1, -0.05) is 12.1 Å². The van der Waals surface area contributed by atoms with Crippen molar-refractivity contribution in [3.63, 3.8) is 0 Å². The molecule has 2 N–H and O–H groups in total. The summed E-state index contributed by atoms with van der Waals surface area (Å²) in [5.41, 5.74) is 1.97. The Labute approximate surface area is 176 Å². The van der Waals surface area contributed by atoms with Gasteiger partial charge < -0.3 is 20.4 Å². The Bertz CT molecular complexity index is 989. The molecule has 1 saturated heterocycles. The third-order valence-electron chi connectivity index (χ3n) is 5.22. The molecule has 1 fully saturated rings. The number of nitrogens with zero attached hydrogens (tertiary/aromatic N) is 7. The van der Waals surface area contributed by atoms with Crippen molar-refractivity contribution in [2.75, 3.05) is 44.7 Å². The SMILES string of the molecule is CCNC(=NCc1cccnc1N1CCN(C)CC1)NCc1nnc2ccccn12. The fourth-order valence-electron chi connectivity index (χ4n) is 3.54. The van der Waals surface area contributed by atoms with E-state index in [1.54, 1.807) is 0 Å². The fraction of sp³-hybridized carbons (Fsp3) is 0.429. The average Bonchev–Trinajstić information content (AvgIpc) is 3.20. The van der Waals surface area contributed by atoms with Crippen LogP contribution in [0.5, 0.6) is 0 Å². The van der Waals surface area contributed by atoms with Crippen LogP contribution in [0.2, 0.25) is 0 Å². The van der Waals surface area contributed by atoms with Gasteiger partial charge in [0.15, 0.2) is 17.4 Å². The maximum absolute atomic E-state index is 4.79. The zero-order chi connectivity index (χ0) is 20.8. The molecular formula is C21H29N9. The van der Waals surface area contributed by atoms with Crippen molar-refractivity contribution in [2.45, 2.75) is 20.0 Å². The van der Waals surface area contributed by atoms with Gasteiger partial charge in [0.25, 0.3) is 0 Å². The maximum atomic E-state index is 4.79. The smallest absolute Gasteiger partial charge is 0.191 e. The second kappa shape index (κ2) is 9.53. The summed E-state index contributed by atoms with van der Waals surface area (Å²) in [5, 5.41) is 15.1. The first kappa shape index (κ1) is 20.1. The zero-order valence-corrected chi connectivity index (χ0v) is 17.6. The van der Waals surface area contributed by atoms with Gasteiger partial charge >= 0.3 is 0 Å². The van der Waals surface area contributed by atoms with Crippen LogP contribution in [0.15, 0.2) is 47.7 Å². The number of hydrogen-bond donors (Lipinski definition) is 2. The number of aliphatic imine (C=N–C) groups is 1. The second-order valence-corrected chi connectivity index (χ2v) is 7.37. The predicted octanol–water partition coefficient (Wildman–Crippen LogP) is 1.13. The molecular weight excluding hydrogens is 378 g/mol. The van der Waals surface area contributed by atoms with Crippen molar-refractivity contribution >= 4 is 17.4 Å². The molecule has 4 rings (SSSR count). The first-order valence-electron chi connectivity index (χ1n) is 10.4. The van der Waals surface area contributed by atoms with E-state index in [-0.39, 0.29) is 0 Å². The number of anilines is 1. The third kappa shape index (κ3) is 4.68. The normalized spacial score (nSPS) is 15.5. The van der Waals surface area contributed by atoms with Crippen molar-refractivity contribution in [1.29, 1.82) is 0 Å². The molecule has 4 heterocycles. The van der Waals surface area contributed by atoms with Crippen LogP contribution in [-0.2, 0) is 13.1 Å².